The van der Waals surface area contributed by atoms with Gasteiger partial charge in [0.1, 0.15) is 0 Å². The van der Waals surface area contributed by atoms with E-state index in [9.17, 15) is 0 Å². The molecule has 0 aromatic heterocycles. The normalized spacial score (nSPS) is 27.2. The molecule has 2 saturated heterocycles. The molecule has 2 rings (SSSR count). The summed E-state index contributed by atoms with van der Waals surface area (Å²) in [6, 6.07) is 0. The lowest BCUT2D eigenvalue weighted by molar-refractivity contribution is -0.0673. The molecule has 0 aromatic rings. The smallest absolute Gasteiger partial charge is 0.170 e. The molecule has 0 unspecified atom stereocenters. The third-order valence-corrected chi connectivity index (χ3v) is 3.01. The minimum atomic E-state index is 0.0307. The van der Waals surface area contributed by atoms with Gasteiger partial charge in [0.15, 0.2) is 6.29 Å². The molecule has 4 heteroatoms. The SMILES string of the molecule is CCN1CCN(CC2OCCO2)CC1. The Morgan fingerprint density at radius 2 is 1.57 bits per heavy atom. The van der Waals surface area contributed by atoms with Gasteiger partial charge in [-0.2, -0.15) is 0 Å². The van der Waals surface area contributed by atoms with Crippen LogP contribution >= 0.6 is 0 Å². The predicted octanol–water partition coefficient (Wildman–Crippen LogP) is -0.00320. The second-order valence-electron chi connectivity index (χ2n) is 3.91. The Kier molecular flexibility index (Phi) is 3.75. The van der Waals surface area contributed by atoms with Crippen molar-refractivity contribution in [3.05, 3.63) is 0 Å². The van der Waals surface area contributed by atoms with Gasteiger partial charge in [-0.3, -0.25) is 4.90 Å². The molecule has 2 fully saturated rings. The molecular weight excluding hydrogens is 180 g/mol. The van der Waals surface area contributed by atoms with Gasteiger partial charge < -0.3 is 14.4 Å². The van der Waals surface area contributed by atoms with E-state index in [1.54, 1.807) is 0 Å². The van der Waals surface area contributed by atoms with Crippen LogP contribution in [0.3, 0.4) is 0 Å². The van der Waals surface area contributed by atoms with Gasteiger partial charge in [-0.25, -0.2) is 0 Å². The third-order valence-electron chi connectivity index (χ3n) is 3.01. The fourth-order valence-corrected chi connectivity index (χ4v) is 2.01. The maximum atomic E-state index is 5.43. The van der Waals surface area contributed by atoms with Gasteiger partial charge in [-0.1, -0.05) is 6.92 Å². The zero-order chi connectivity index (χ0) is 9.80. The minimum absolute atomic E-state index is 0.0307. The quantitative estimate of drug-likeness (QED) is 0.640. The van der Waals surface area contributed by atoms with E-state index in [0.29, 0.717) is 0 Å². The molecule has 0 bridgehead atoms. The van der Waals surface area contributed by atoms with Crippen molar-refractivity contribution in [3.63, 3.8) is 0 Å². The Labute approximate surface area is 85.8 Å². The van der Waals surface area contributed by atoms with Crippen LogP contribution in [0.1, 0.15) is 6.92 Å². The average molecular weight is 200 g/mol. The molecular formula is C10H20N2O2. The van der Waals surface area contributed by atoms with E-state index in [4.69, 9.17) is 9.47 Å². The van der Waals surface area contributed by atoms with Crippen LogP contribution in [-0.2, 0) is 9.47 Å². The van der Waals surface area contributed by atoms with Crippen molar-refractivity contribution in [2.45, 2.75) is 13.2 Å². The van der Waals surface area contributed by atoms with E-state index in [-0.39, 0.29) is 6.29 Å². The minimum Gasteiger partial charge on any atom is -0.349 e. The summed E-state index contributed by atoms with van der Waals surface area (Å²) in [7, 11) is 0. The standard InChI is InChI=1S/C10H20N2O2/c1-2-11-3-5-12(6-4-11)9-10-13-7-8-14-10/h10H,2-9H2,1H3. The van der Waals surface area contributed by atoms with Crippen LogP contribution in [0.25, 0.3) is 0 Å². The largest absolute Gasteiger partial charge is 0.349 e. The molecule has 14 heavy (non-hydrogen) atoms. The number of hydrogen-bond donors (Lipinski definition) is 0. The second-order valence-corrected chi connectivity index (χ2v) is 3.91. The summed E-state index contributed by atoms with van der Waals surface area (Å²) in [6.45, 7) is 10.5. The first-order valence-electron chi connectivity index (χ1n) is 5.56. The number of hydrogen-bond acceptors (Lipinski definition) is 4. The lowest BCUT2D eigenvalue weighted by Gasteiger charge is -2.34. The van der Waals surface area contributed by atoms with Gasteiger partial charge in [0.25, 0.3) is 0 Å². The van der Waals surface area contributed by atoms with Crippen molar-refractivity contribution < 1.29 is 9.47 Å². The number of likely N-dealkylation sites (N-methyl/N-ethyl adjacent to an activating group) is 1. The molecule has 82 valence electrons. The summed E-state index contributed by atoms with van der Waals surface area (Å²) < 4.78 is 10.9. The van der Waals surface area contributed by atoms with Gasteiger partial charge in [0, 0.05) is 32.7 Å². The Hall–Kier alpha value is -0.160. The van der Waals surface area contributed by atoms with E-state index in [1.165, 1.54) is 19.6 Å². The highest BCUT2D eigenvalue weighted by atomic mass is 16.7. The van der Waals surface area contributed by atoms with Crippen molar-refractivity contribution >= 4 is 0 Å². The molecule has 0 aromatic carbocycles. The van der Waals surface area contributed by atoms with Crippen LogP contribution in [-0.4, -0.2) is 68.6 Å². The van der Waals surface area contributed by atoms with E-state index in [0.717, 1.165) is 32.8 Å². The van der Waals surface area contributed by atoms with E-state index < -0.39 is 0 Å². The number of nitrogens with zero attached hydrogens (tertiary/aromatic N) is 2. The molecule has 2 aliphatic rings. The zero-order valence-electron chi connectivity index (χ0n) is 8.95. The molecule has 0 atom stereocenters. The molecule has 2 heterocycles. The third kappa shape index (κ3) is 2.67. The first-order valence-corrected chi connectivity index (χ1v) is 5.56. The summed E-state index contributed by atoms with van der Waals surface area (Å²) >= 11 is 0. The Morgan fingerprint density at radius 3 is 2.14 bits per heavy atom. The summed E-state index contributed by atoms with van der Waals surface area (Å²) in [5.41, 5.74) is 0. The fraction of sp³-hybridized carbons (Fsp3) is 1.00. The summed E-state index contributed by atoms with van der Waals surface area (Å²) in [5, 5.41) is 0. The van der Waals surface area contributed by atoms with Crippen LogP contribution in [0, 0.1) is 0 Å². The average Bonchev–Trinajstić information content (AvgIpc) is 2.72. The number of rotatable bonds is 3. The second kappa shape index (κ2) is 5.07. The molecule has 4 nitrogen and oxygen atoms in total. The van der Waals surface area contributed by atoms with Crippen LogP contribution < -0.4 is 0 Å². The monoisotopic (exact) mass is 200 g/mol. The van der Waals surface area contributed by atoms with Crippen LogP contribution in [0.2, 0.25) is 0 Å². The topological polar surface area (TPSA) is 24.9 Å². The maximum Gasteiger partial charge on any atom is 0.170 e. The molecule has 2 aliphatic heterocycles. The highest BCUT2D eigenvalue weighted by molar-refractivity contribution is 4.72. The fourth-order valence-electron chi connectivity index (χ4n) is 2.01. The predicted molar refractivity (Wildman–Crippen MR) is 54.2 cm³/mol. The van der Waals surface area contributed by atoms with Crippen molar-refractivity contribution in [3.8, 4) is 0 Å². The molecule has 0 N–H and O–H groups in total. The van der Waals surface area contributed by atoms with E-state index in [2.05, 4.69) is 16.7 Å². The Balaban J connectivity index is 1.67. The van der Waals surface area contributed by atoms with Gasteiger partial charge in [0.2, 0.25) is 0 Å². The van der Waals surface area contributed by atoms with Crippen LogP contribution in [0.15, 0.2) is 0 Å². The first kappa shape index (κ1) is 10.4. The lowest BCUT2D eigenvalue weighted by atomic mass is 10.3. The summed E-state index contributed by atoms with van der Waals surface area (Å²) in [4.78, 5) is 4.91. The highest BCUT2D eigenvalue weighted by Crippen LogP contribution is 2.08. The molecule has 0 amide bonds. The van der Waals surface area contributed by atoms with Crippen molar-refractivity contribution in [2.24, 2.45) is 0 Å². The van der Waals surface area contributed by atoms with Crippen LogP contribution in [0.5, 0.6) is 0 Å². The van der Waals surface area contributed by atoms with Gasteiger partial charge in [0.05, 0.1) is 13.2 Å². The zero-order valence-corrected chi connectivity index (χ0v) is 8.95. The Bertz CT molecular complexity index is 164. The summed E-state index contributed by atoms with van der Waals surface area (Å²) in [6.07, 6.45) is 0.0307. The number of piperazine rings is 1. The van der Waals surface area contributed by atoms with Crippen molar-refractivity contribution in [1.82, 2.24) is 9.80 Å². The highest BCUT2D eigenvalue weighted by Gasteiger charge is 2.22. The molecule has 0 aliphatic carbocycles. The van der Waals surface area contributed by atoms with Gasteiger partial charge in [-0.15, -0.1) is 0 Å². The van der Waals surface area contributed by atoms with Gasteiger partial charge in [-0.05, 0) is 6.54 Å². The lowest BCUT2D eigenvalue weighted by Crippen LogP contribution is -2.48. The molecule has 0 radical (unpaired) electrons. The Morgan fingerprint density at radius 1 is 1.00 bits per heavy atom. The van der Waals surface area contributed by atoms with Gasteiger partial charge >= 0.3 is 0 Å². The number of ether oxygens (including phenoxy) is 2. The van der Waals surface area contributed by atoms with Crippen molar-refractivity contribution in [2.75, 3.05) is 52.5 Å². The summed E-state index contributed by atoms with van der Waals surface area (Å²) in [5.74, 6) is 0. The first-order chi connectivity index (χ1) is 6.88. The molecule has 0 saturated carbocycles. The maximum absolute atomic E-state index is 5.43. The van der Waals surface area contributed by atoms with E-state index in [1.807, 2.05) is 0 Å². The van der Waals surface area contributed by atoms with Crippen LogP contribution in [0.4, 0.5) is 0 Å². The molecule has 0 spiro atoms. The van der Waals surface area contributed by atoms with E-state index >= 15 is 0 Å². The van der Waals surface area contributed by atoms with Crippen molar-refractivity contribution in [1.29, 1.82) is 0 Å².